The van der Waals surface area contributed by atoms with Gasteiger partial charge in [-0.3, -0.25) is 10.1 Å². The molecular formula is C15H14N2O3. The van der Waals surface area contributed by atoms with Gasteiger partial charge >= 0.3 is 0 Å². The zero-order valence-electron chi connectivity index (χ0n) is 10.9. The summed E-state index contributed by atoms with van der Waals surface area (Å²) in [7, 11) is 0. The first-order chi connectivity index (χ1) is 9.74. The summed E-state index contributed by atoms with van der Waals surface area (Å²) in [5, 5.41) is 10.9. The maximum Gasteiger partial charge on any atom is 0.271 e. The quantitative estimate of drug-likeness (QED) is 0.635. The molecule has 1 aliphatic heterocycles. The second-order valence-electron chi connectivity index (χ2n) is 4.66. The van der Waals surface area contributed by atoms with Gasteiger partial charge in [-0.15, -0.1) is 0 Å². The Labute approximate surface area is 116 Å². The third kappa shape index (κ3) is 2.42. The van der Waals surface area contributed by atoms with Crippen molar-refractivity contribution in [1.29, 1.82) is 0 Å². The highest BCUT2D eigenvalue weighted by Gasteiger charge is 2.21. The molecule has 5 nitrogen and oxygen atoms in total. The smallest absolute Gasteiger partial charge is 0.271 e. The van der Waals surface area contributed by atoms with E-state index in [-0.39, 0.29) is 10.6 Å². The van der Waals surface area contributed by atoms with E-state index in [9.17, 15) is 10.1 Å². The molecule has 2 aromatic carbocycles. The lowest BCUT2D eigenvalue weighted by molar-refractivity contribution is -0.384. The highest BCUT2D eigenvalue weighted by Crippen LogP contribution is 2.35. The van der Waals surface area contributed by atoms with Crippen molar-refractivity contribution in [3.05, 3.63) is 64.2 Å². The average molecular weight is 270 g/mol. The number of rotatable bonds is 3. The number of hydrogen-bond donors (Lipinski definition) is 0. The van der Waals surface area contributed by atoms with Crippen LogP contribution >= 0.6 is 0 Å². The average Bonchev–Trinajstić information content (AvgIpc) is 2.48. The minimum atomic E-state index is -0.379. The van der Waals surface area contributed by atoms with E-state index in [1.165, 1.54) is 11.6 Å². The molecule has 2 aromatic rings. The Bertz CT molecular complexity index is 628. The summed E-state index contributed by atoms with van der Waals surface area (Å²) in [6.07, 6.45) is 0. The molecule has 0 fully saturated rings. The number of ether oxygens (including phenoxy) is 1. The number of non-ortho nitro benzene ring substituents is 1. The Morgan fingerprint density at radius 2 is 2.00 bits per heavy atom. The lowest BCUT2D eigenvalue weighted by atomic mass is 10.1. The molecule has 0 amide bonds. The first-order valence-electron chi connectivity index (χ1n) is 6.44. The Hall–Kier alpha value is -2.56. The summed E-state index contributed by atoms with van der Waals surface area (Å²) < 4.78 is 5.56. The van der Waals surface area contributed by atoms with Crippen molar-refractivity contribution in [2.24, 2.45) is 0 Å². The molecule has 0 unspecified atom stereocenters. The molecule has 0 aliphatic carbocycles. The summed E-state index contributed by atoms with van der Waals surface area (Å²) in [4.78, 5) is 12.6. The number of nitro groups is 1. The highest BCUT2D eigenvalue weighted by atomic mass is 16.6. The molecule has 0 saturated heterocycles. The molecule has 0 saturated carbocycles. The van der Waals surface area contributed by atoms with Gasteiger partial charge in [-0.25, -0.2) is 0 Å². The van der Waals surface area contributed by atoms with E-state index < -0.39 is 0 Å². The van der Waals surface area contributed by atoms with Crippen molar-refractivity contribution in [2.45, 2.75) is 6.54 Å². The van der Waals surface area contributed by atoms with Gasteiger partial charge in [0.25, 0.3) is 5.69 Å². The van der Waals surface area contributed by atoms with Crippen LogP contribution in [0.25, 0.3) is 0 Å². The summed E-state index contributed by atoms with van der Waals surface area (Å²) in [6, 6.07) is 14.8. The SMILES string of the molecule is O=[N+]([O-])c1ccc2c(c1)N(Cc1ccccc1)CCO2. The monoisotopic (exact) mass is 270 g/mol. The normalized spacial score (nSPS) is 13.5. The van der Waals surface area contributed by atoms with E-state index in [1.54, 1.807) is 12.1 Å². The van der Waals surface area contributed by atoms with Gasteiger partial charge in [-0.05, 0) is 11.6 Å². The molecule has 1 aliphatic rings. The highest BCUT2D eigenvalue weighted by molar-refractivity contribution is 5.64. The molecule has 102 valence electrons. The Kier molecular flexibility index (Phi) is 3.25. The largest absolute Gasteiger partial charge is 0.490 e. The minimum absolute atomic E-state index is 0.0901. The van der Waals surface area contributed by atoms with Crippen molar-refractivity contribution in [3.8, 4) is 5.75 Å². The van der Waals surface area contributed by atoms with E-state index in [0.29, 0.717) is 12.4 Å². The summed E-state index contributed by atoms with van der Waals surface area (Å²) in [6.45, 7) is 2.04. The molecule has 0 N–H and O–H groups in total. The number of benzene rings is 2. The predicted molar refractivity (Wildman–Crippen MR) is 76.1 cm³/mol. The predicted octanol–water partition coefficient (Wildman–Crippen LogP) is 2.99. The lowest BCUT2D eigenvalue weighted by Crippen LogP contribution is -2.32. The molecular weight excluding hydrogens is 256 g/mol. The van der Waals surface area contributed by atoms with Gasteiger partial charge in [0.15, 0.2) is 0 Å². The van der Waals surface area contributed by atoms with Crippen LogP contribution in [0, 0.1) is 10.1 Å². The number of nitro benzene ring substituents is 1. The standard InChI is InChI=1S/C15H14N2O3/c18-17(19)13-6-7-15-14(10-13)16(8-9-20-15)11-12-4-2-1-3-5-12/h1-7,10H,8-9,11H2. The fraction of sp³-hybridized carbons (Fsp3) is 0.200. The molecule has 0 bridgehead atoms. The van der Waals surface area contributed by atoms with Crippen LogP contribution in [0.1, 0.15) is 5.56 Å². The third-order valence-corrected chi connectivity index (χ3v) is 3.33. The zero-order chi connectivity index (χ0) is 13.9. The van der Waals surface area contributed by atoms with Gasteiger partial charge in [-0.2, -0.15) is 0 Å². The van der Waals surface area contributed by atoms with E-state index in [2.05, 4.69) is 4.90 Å². The maximum absolute atomic E-state index is 10.9. The molecule has 3 rings (SSSR count). The zero-order valence-corrected chi connectivity index (χ0v) is 10.9. The number of anilines is 1. The summed E-state index contributed by atoms with van der Waals surface area (Å²) >= 11 is 0. The van der Waals surface area contributed by atoms with Crippen LogP contribution < -0.4 is 9.64 Å². The second kappa shape index (κ2) is 5.21. The minimum Gasteiger partial charge on any atom is -0.490 e. The van der Waals surface area contributed by atoms with Gasteiger partial charge in [0.1, 0.15) is 12.4 Å². The first kappa shape index (κ1) is 12.5. The van der Waals surface area contributed by atoms with Crippen LogP contribution in [0.5, 0.6) is 5.75 Å². The molecule has 1 heterocycles. The van der Waals surface area contributed by atoms with Crippen molar-refractivity contribution < 1.29 is 9.66 Å². The third-order valence-electron chi connectivity index (χ3n) is 3.33. The molecule has 0 radical (unpaired) electrons. The Balaban J connectivity index is 1.92. The van der Waals surface area contributed by atoms with Crippen LogP contribution in [0.15, 0.2) is 48.5 Å². The van der Waals surface area contributed by atoms with Crippen molar-refractivity contribution in [1.82, 2.24) is 0 Å². The van der Waals surface area contributed by atoms with Crippen LogP contribution in [-0.2, 0) is 6.54 Å². The van der Waals surface area contributed by atoms with Gasteiger partial charge in [-0.1, -0.05) is 30.3 Å². The van der Waals surface area contributed by atoms with Gasteiger partial charge < -0.3 is 9.64 Å². The topological polar surface area (TPSA) is 55.6 Å². The number of hydrogen-bond acceptors (Lipinski definition) is 4. The van der Waals surface area contributed by atoms with Crippen LogP contribution in [-0.4, -0.2) is 18.1 Å². The van der Waals surface area contributed by atoms with Crippen molar-refractivity contribution >= 4 is 11.4 Å². The van der Waals surface area contributed by atoms with E-state index >= 15 is 0 Å². The van der Waals surface area contributed by atoms with Crippen LogP contribution in [0.4, 0.5) is 11.4 Å². The van der Waals surface area contributed by atoms with Gasteiger partial charge in [0.05, 0.1) is 17.2 Å². The first-order valence-corrected chi connectivity index (χ1v) is 6.44. The molecule has 0 aromatic heterocycles. The van der Waals surface area contributed by atoms with E-state index in [0.717, 1.165) is 18.8 Å². The van der Waals surface area contributed by atoms with E-state index in [4.69, 9.17) is 4.74 Å². The van der Waals surface area contributed by atoms with Gasteiger partial charge in [0.2, 0.25) is 0 Å². The van der Waals surface area contributed by atoms with Crippen LogP contribution in [0.3, 0.4) is 0 Å². The van der Waals surface area contributed by atoms with Gasteiger partial charge in [0, 0.05) is 18.7 Å². The fourth-order valence-electron chi connectivity index (χ4n) is 2.34. The van der Waals surface area contributed by atoms with Crippen molar-refractivity contribution in [3.63, 3.8) is 0 Å². The molecule has 0 atom stereocenters. The number of nitrogens with zero attached hydrogens (tertiary/aromatic N) is 2. The molecule has 0 spiro atoms. The fourth-order valence-corrected chi connectivity index (χ4v) is 2.34. The number of fused-ring (bicyclic) bond motifs is 1. The summed E-state index contributed by atoms with van der Waals surface area (Å²) in [5.74, 6) is 0.706. The second-order valence-corrected chi connectivity index (χ2v) is 4.66. The Morgan fingerprint density at radius 1 is 1.20 bits per heavy atom. The van der Waals surface area contributed by atoms with E-state index in [1.807, 2.05) is 30.3 Å². The molecule has 20 heavy (non-hydrogen) atoms. The summed E-state index contributed by atoms with van der Waals surface area (Å²) in [5.41, 5.74) is 2.05. The van der Waals surface area contributed by atoms with Crippen LogP contribution in [0.2, 0.25) is 0 Å². The molecule has 5 heteroatoms. The lowest BCUT2D eigenvalue weighted by Gasteiger charge is -2.31. The maximum atomic E-state index is 10.9. The Morgan fingerprint density at radius 3 is 2.75 bits per heavy atom. The van der Waals surface area contributed by atoms with Crippen molar-refractivity contribution in [2.75, 3.05) is 18.1 Å².